The number of aromatic nitrogens is 4. The van der Waals surface area contributed by atoms with Crippen molar-refractivity contribution in [3.8, 4) is 28.7 Å². The van der Waals surface area contributed by atoms with Crippen molar-refractivity contribution in [2.45, 2.75) is 26.1 Å². The largest absolute Gasteiger partial charge is 0.492 e. The molecule has 1 aliphatic rings. The second-order valence-corrected chi connectivity index (χ2v) is 9.00. The Labute approximate surface area is 202 Å². The number of rotatable bonds is 5. The summed E-state index contributed by atoms with van der Waals surface area (Å²) < 4.78 is 29.0. The average molecular weight is 492 g/mol. The minimum Gasteiger partial charge on any atom is -0.492 e. The number of ether oxygens (including phenoxy) is 1. The molecular weight excluding hydrogens is 471 g/mol. The zero-order chi connectivity index (χ0) is 24.2. The first kappa shape index (κ1) is 19.0. The van der Waals surface area contributed by atoms with Crippen molar-refractivity contribution in [2.75, 3.05) is 6.61 Å². The predicted molar refractivity (Wildman–Crippen MR) is 126 cm³/mol. The van der Waals surface area contributed by atoms with E-state index in [1.165, 1.54) is 0 Å². The van der Waals surface area contributed by atoms with Crippen LogP contribution < -0.4 is 4.74 Å². The van der Waals surface area contributed by atoms with Crippen LogP contribution in [-0.2, 0) is 0 Å². The van der Waals surface area contributed by atoms with Crippen LogP contribution in [0.2, 0.25) is 15.1 Å². The molecule has 0 bridgehead atoms. The Balaban J connectivity index is 1.36. The lowest BCUT2D eigenvalue weighted by Crippen LogP contribution is -2.08. The van der Waals surface area contributed by atoms with Gasteiger partial charge < -0.3 is 13.7 Å². The van der Waals surface area contributed by atoms with Crippen LogP contribution in [0.4, 0.5) is 0 Å². The molecule has 1 saturated carbocycles. The Kier molecular flexibility index (Phi) is 5.00. The SMILES string of the molecule is [2H]C1([2H])C[C@@H](COc2cc(Cl)c(-c3nc(-c4cn5cc(C)cc(Cl)c5n4)no3)cc2Cl)CC1=C. The highest BCUT2D eigenvalue weighted by Crippen LogP contribution is 2.38. The number of aryl methyl sites for hydroxylation is 1. The van der Waals surface area contributed by atoms with Gasteiger partial charge in [0.05, 0.1) is 27.2 Å². The molecule has 5 rings (SSSR count). The number of hydrogen-bond acceptors (Lipinski definition) is 5. The van der Waals surface area contributed by atoms with Crippen LogP contribution in [0.25, 0.3) is 28.6 Å². The molecule has 1 aliphatic carbocycles. The van der Waals surface area contributed by atoms with Crippen molar-refractivity contribution >= 4 is 40.4 Å². The fourth-order valence-corrected chi connectivity index (χ4v) is 4.41. The molecule has 9 heteroatoms. The van der Waals surface area contributed by atoms with Crippen LogP contribution in [-0.4, -0.2) is 26.1 Å². The van der Waals surface area contributed by atoms with Gasteiger partial charge in [0.25, 0.3) is 5.89 Å². The Morgan fingerprint density at radius 2 is 2.03 bits per heavy atom. The van der Waals surface area contributed by atoms with Gasteiger partial charge in [-0.1, -0.05) is 52.1 Å². The molecule has 1 atom stereocenters. The van der Waals surface area contributed by atoms with E-state index in [0.717, 1.165) is 5.56 Å². The molecule has 1 aromatic carbocycles. The van der Waals surface area contributed by atoms with Gasteiger partial charge in [-0.2, -0.15) is 4.98 Å². The van der Waals surface area contributed by atoms with Gasteiger partial charge in [-0.25, -0.2) is 4.98 Å². The van der Waals surface area contributed by atoms with Gasteiger partial charge in [-0.05, 0) is 49.8 Å². The highest BCUT2D eigenvalue weighted by molar-refractivity contribution is 6.36. The van der Waals surface area contributed by atoms with Crippen molar-refractivity contribution in [1.82, 2.24) is 19.5 Å². The van der Waals surface area contributed by atoms with Gasteiger partial charge >= 0.3 is 0 Å². The monoisotopic (exact) mass is 490 g/mol. The maximum Gasteiger partial charge on any atom is 0.259 e. The quantitative estimate of drug-likeness (QED) is 0.280. The number of nitrogens with zero attached hydrogens (tertiary/aromatic N) is 4. The number of imidazole rings is 1. The van der Waals surface area contributed by atoms with Gasteiger partial charge in [0.1, 0.15) is 11.4 Å². The summed E-state index contributed by atoms with van der Waals surface area (Å²) in [6, 6.07) is 5.03. The highest BCUT2D eigenvalue weighted by Gasteiger charge is 2.21. The van der Waals surface area contributed by atoms with Gasteiger partial charge in [0.2, 0.25) is 5.82 Å². The van der Waals surface area contributed by atoms with Crippen LogP contribution in [0.1, 0.15) is 27.5 Å². The van der Waals surface area contributed by atoms with Crippen LogP contribution >= 0.6 is 34.8 Å². The number of pyridine rings is 1. The van der Waals surface area contributed by atoms with Crippen LogP contribution in [0.3, 0.4) is 0 Å². The predicted octanol–water partition coefficient (Wildman–Crippen LogP) is 7.06. The summed E-state index contributed by atoms with van der Waals surface area (Å²) >= 11 is 19.2. The summed E-state index contributed by atoms with van der Waals surface area (Å²) in [5.74, 6) is 0.903. The Morgan fingerprint density at radius 1 is 1.19 bits per heavy atom. The van der Waals surface area contributed by atoms with E-state index in [4.69, 9.17) is 46.8 Å². The Hall–Kier alpha value is -2.54. The van der Waals surface area contributed by atoms with Crippen molar-refractivity contribution < 1.29 is 12.0 Å². The van der Waals surface area contributed by atoms with Crippen molar-refractivity contribution in [2.24, 2.45) is 5.92 Å². The number of halogens is 3. The normalized spacial score (nSPS) is 18.8. The maximum absolute atomic E-state index is 7.95. The molecule has 3 aromatic heterocycles. The topological polar surface area (TPSA) is 65.5 Å². The Morgan fingerprint density at radius 3 is 2.81 bits per heavy atom. The third-order valence-corrected chi connectivity index (χ3v) is 6.09. The van der Waals surface area contributed by atoms with Gasteiger partial charge in [0, 0.05) is 21.2 Å². The molecule has 3 heterocycles. The minimum absolute atomic E-state index is 0.0261. The van der Waals surface area contributed by atoms with E-state index in [9.17, 15) is 0 Å². The van der Waals surface area contributed by atoms with E-state index < -0.39 is 6.37 Å². The second-order valence-electron chi connectivity index (χ2n) is 7.77. The third-order valence-electron chi connectivity index (χ3n) is 5.20. The molecular formula is C23H19Cl3N4O2. The van der Waals surface area contributed by atoms with Gasteiger partial charge in [-0.15, -0.1) is 0 Å². The first-order valence-electron chi connectivity index (χ1n) is 10.9. The molecule has 4 aromatic rings. The first-order valence-corrected chi connectivity index (χ1v) is 11.0. The van der Waals surface area contributed by atoms with E-state index in [2.05, 4.69) is 21.7 Å². The number of fused-ring (bicyclic) bond motifs is 1. The summed E-state index contributed by atoms with van der Waals surface area (Å²) in [5.41, 5.74) is 3.14. The molecule has 0 spiro atoms. The average Bonchev–Trinajstić information content (AvgIpc) is 3.46. The summed E-state index contributed by atoms with van der Waals surface area (Å²) in [4.78, 5) is 8.93. The summed E-state index contributed by atoms with van der Waals surface area (Å²) in [7, 11) is 0. The third kappa shape index (κ3) is 4.10. The summed E-state index contributed by atoms with van der Waals surface area (Å²) in [5, 5.41) is 5.21. The van der Waals surface area contributed by atoms with Gasteiger partial charge in [-0.3, -0.25) is 0 Å². The fourth-order valence-electron chi connectivity index (χ4n) is 3.64. The fraction of sp³-hybridized carbons (Fsp3) is 0.261. The summed E-state index contributed by atoms with van der Waals surface area (Å²) in [6.07, 6.45) is 3.26. The van der Waals surface area contributed by atoms with E-state index >= 15 is 0 Å². The molecule has 0 saturated heterocycles. The van der Waals surface area contributed by atoms with Crippen LogP contribution in [0.5, 0.6) is 5.75 Å². The molecule has 1 fully saturated rings. The lowest BCUT2D eigenvalue weighted by Gasteiger charge is -2.13. The smallest absolute Gasteiger partial charge is 0.259 e. The minimum atomic E-state index is -1.36. The van der Waals surface area contributed by atoms with Crippen LogP contribution in [0, 0.1) is 12.8 Å². The van der Waals surface area contributed by atoms with E-state index in [1.54, 1.807) is 18.3 Å². The first-order chi connectivity index (χ1) is 16.1. The molecule has 32 heavy (non-hydrogen) atoms. The lowest BCUT2D eigenvalue weighted by atomic mass is 10.1. The second kappa shape index (κ2) is 8.43. The Bertz CT molecular complexity index is 1430. The standard InChI is InChI=1S/C23H19Cl3N4O2/c1-12-3-4-14(5-12)11-31-20-8-16(24)15(7-17(20)25)23-28-21(29-32-23)19-10-30-9-13(2)6-18(26)22(30)27-19/h6-10,14H,1,3-5,11H2,2H3/t14-/m1/s1/i3D2. The number of hydrogen-bond donors (Lipinski definition) is 0. The zero-order valence-electron chi connectivity index (χ0n) is 19.0. The maximum atomic E-state index is 7.95. The molecule has 164 valence electrons. The van der Waals surface area contributed by atoms with E-state index in [0.29, 0.717) is 62.7 Å². The zero-order valence-corrected chi connectivity index (χ0v) is 19.3. The van der Waals surface area contributed by atoms with Crippen molar-refractivity contribution in [3.63, 3.8) is 0 Å². The lowest BCUT2D eigenvalue weighted by molar-refractivity contribution is 0.254. The van der Waals surface area contributed by atoms with Crippen molar-refractivity contribution in [1.29, 1.82) is 0 Å². The molecule has 0 radical (unpaired) electrons. The highest BCUT2D eigenvalue weighted by atomic mass is 35.5. The van der Waals surface area contributed by atoms with E-state index in [1.807, 2.05) is 23.6 Å². The molecule has 0 unspecified atom stereocenters. The number of benzene rings is 1. The summed E-state index contributed by atoms with van der Waals surface area (Å²) in [6.45, 7) is 6.08. The van der Waals surface area contributed by atoms with Gasteiger partial charge in [0.15, 0.2) is 5.65 Å². The van der Waals surface area contributed by atoms with Crippen molar-refractivity contribution in [3.05, 3.63) is 63.4 Å². The molecule has 0 aliphatic heterocycles. The van der Waals surface area contributed by atoms with E-state index in [-0.39, 0.29) is 17.6 Å². The number of allylic oxidation sites excluding steroid dienone is 1. The molecule has 0 amide bonds. The molecule has 0 N–H and O–H groups in total. The molecule has 6 nitrogen and oxygen atoms in total. The van der Waals surface area contributed by atoms with Crippen LogP contribution in [0.15, 0.2) is 47.3 Å².